The molecule has 0 bridgehead atoms. The second kappa shape index (κ2) is 7.99. The van der Waals surface area contributed by atoms with E-state index < -0.39 is 0 Å². The maximum Gasteiger partial charge on any atom is 0.0355 e. The zero-order valence-electron chi connectivity index (χ0n) is 13.6. The highest BCUT2D eigenvalue weighted by atomic mass is 32.1. The maximum absolute atomic E-state index is 3.29. The minimum absolute atomic E-state index is 1.01. The standard InChI is InChI=1S/C22H22S/c1-2-3-4-5-6-7-10-18-13-15-19(16-14-18)22-17-20-11-8-9-12-21(20)23-22/h8-9,11-17H,2-6H2,1H3. The van der Waals surface area contributed by atoms with Gasteiger partial charge in [-0.1, -0.05) is 68.4 Å². The number of rotatable bonds is 5. The molecule has 0 fully saturated rings. The molecule has 0 aliphatic carbocycles. The van der Waals surface area contributed by atoms with Gasteiger partial charge in [-0.05, 0) is 41.6 Å². The Morgan fingerprint density at radius 1 is 0.913 bits per heavy atom. The van der Waals surface area contributed by atoms with Crippen LogP contribution in [0.3, 0.4) is 0 Å². The normalized spacial score (nSPS) is 10.5. The summed E-state index contributed by atoms with van der Waals surface area (Å²) in [4.78, 5) is 1.32. The van der Waals surface area contributed by atoms with Gasteiger partial charge in [0.2, 0.25) is 0 Å². The molecular formula is C22H22S. The van der Waals surface area contributed by atoms with E-state index in [-0.39, 0.29) is 0 Å². The largest absolute Gasteiger partial charge is 0.135 e. The summed E-state index contributed by atoms with van der Waals surface area (Å²) >= 11 is 1.85. The van der Waals surface area contributed by atoms with Crippen LogP contribution in [0.2, 0.25) is 0 Å². The van der Waals surface area contributed by atoms with Crippen LogP contribution in [-0.4, -0.2) is 0 Å². The molecule has 3 aromatic rings. The lowest BCUT2D eigenvalue weighted by molar-refractivity contribution is 0.679. The molecule has 0 aliphatic heterocycles. The lowest BCUT2D eigenvalue weighted by atomic mass is 10.1. The predicted octanol–water partition coefficient (Wildman–Crippen LogP) is 6.89. The molecule has 0 saturated carbocycles. The smallest absolute Gasteiger partial charge is 0.0355 e. The van der Waals surface area contributed by atoms with Crippen molar-refractivity contribution in [3.8, 4) is 22.3 Å². The molecule has 1 heterocycles. The van der Waals surface area contributed by atoms with E-state index in [4.69, 9.17) is 0 Å². The maximum atomic E-state index is 3.29. The second-order valence-corrected chi connectivity index (χ2v) is 6.92. The van der Waals surface area contributed by atoms with Gasteiger partial charge in [0.25, 0.3) is 0 Å². The van der Waals surface area contributed by atoms with Crippen LogP contribution in [0, 0.1) is 11.8 Å². The predicted molar refractivity (Wildman–Crippen MR) is 103 cm³/mol. The molecule has 0 saturated heterocycles. The van der Waals surface area contributed by atoms with Crippen molar-refractivity contribution in [3.05, 3.63) is 60.2 Å². The highest BCUT2D eigenvalue weighted by molar-refractivity contribution is 7.22. The van der Waals surface area contributed by atoms with Crippen molar-refractivity contribution in [2.45, 2.75) is 39.0 Å². The minimum atomic E-state index is 1.01. The molecule has 23 heavy (non-hydrogen) atoms. The first-order valence-electron chi connectivity index (χ1n) is 8.44. The molecule has 0 nitrogen and oxygen atoms in total. The number of hydrogen-bond donors (Lipinski definition) is 0. The summed E-state index contributed by atoms with van der Waals surface area (Å²) in [5.74, 6) is 6.57. The van der Waals surface area contributed by atoms with E-state index in [0.717, 1.165) is 12.0 Å². The van der Waals surface area contributed by atoms with E-state index in [0.29, 0.717) is 0 Å². The third kappa shape index (κ3) is 4.24. The van der Waals surface area contributed by atoms with E-state index in [1.807, 2.05) is 11.3 Å². The summed E-state index contributed by atoms with van der Waals surface area (Å²) in [6.07, 6.45) is 6.15. The van der Waals surface area contributed by atoms with Crippen LogP contribution in [0.1, 0.15) is 44.6 Å². The Labute approximate surface area is 143 Å². The number of fused-ring (bicyclic) bond motifs is 1. The molecule has 0 amide bonds. The van der Waals surface area contributed by atoms with Crippen LogP contribution >= 0.6 is 11.3 Å². The Hall–Kier alpha value is -2.04. The molecule has 0 radical (unpaired) electrons. The van der Waals surface area contributed by atoms with Crippen LogP contribution < -0.4 is 0 Å². The number of hydrogen-bond acceptors (Lipinski definition) is 1. The average molecular weight is 318 g/mol. The van der Waals surface area contributed by atoms with Gasteiger partial charge in [-0.3, -0.25) is 0 Å². The third-order valence-corrected chi connectivity index (χ3v) is 5.15. The quantitative estimate of drug-likeness (QED) is 0.355. The molecule has 3 rings (SSSR count). The molecule has 1 aromatic heterocycles. The molecular weight excluding hydrogens is 296 g/mol. The van der Waals surface area contributed by atoms with Gasteiger partial charge in [0.05, 0.1) is 0 Å². The first kappa shape index (κ1) is 15.8. The summed E-state index contributed by atoms with van der Waals surface area (Å²) < 4.78 is 1.35. The van der Waals surface area contributed by atoms with E-state index >= 15 is 0 Å². The van der Waals surface area contributed by atoms with Crippen molar-refractivity contribution in [2.24, 2.45) is 0 Å². The van der Waals surface area contributed by atoms with Crippen LogP contribution in [0.15, 0.2) is 54.6 Å². The fourth-order valence-corrected chi connectivity index (χ4v) is 3.71. The number of thiophene rings is 1. The first-order chi connectivity index (χ1) is 11.4. The minimum Gasteiger partial charge on any atom is -0.135 e. The van der Waals surface area contributed by atoms with Crippen LogP contribution in [-0.2, 0) is 0 Å². The zero-order chi connectivity index (χ0) is 15.9. The molecule has 0 atom stereocenters. The van der Waals surface area contributed by atoms with Gasteiger partial charge in [-0.2, -0.15) is 0 Å². The van der Waals surface area contributed by atoms with E-state index in [1.54, 1.807) is 0 Å². The van der Waals surface area contributed by atoms with Gasteiger partial charge in [0.15, 0.2) is 0 Å². The van der Waals surface area contributed by atoms with Crippen molar-refractivity contribution in [2.75, 3.05) is 0 Å². The summed E-state index contributed by atoms with van der Waals surface area (Å²) in [6, 6.07) is 19.5. The molecule has 0 unspecified atom stereocenters. The fraction of sp³-hybridized carbons (Fsp3) is 0.273. The summed E-state index contributed by atoms with van der Waals surface area (Å²) in [6.45, 7) is 2.24. The van der Waals surface area contributed by atoms with Crippen LogP contribution in [0.25, 0.3) is 20.5 Å². The van der Waals surface area contributed by atoms with E-state index in [2.05, 4.69) is 73.4 Å². The fourth-order valence-electron chi connectivity index (χ4n) is 2.65. The Balaban J connectivity index is 1.66. The highest BCUT2D eigenvalue weighted by Gasteiger charge is 2.03. The second-order valence-electron chi connectivity index (χ2n) is 5.84. The summed E-state index contributed by atoms with van der Waals surface area (Å²) in [5.41, 5.74) is 2.39. The van der Waals surface area contributed by atoms with Gasteiger partial charge in [-0.15, -0.1) is 11.3 Å². The Morgan fingerprint density at radius 3 is 2.52 bits per heavy atom. The van der Waals surface area contributed by atoms with Crippen molar-refractivity contribution < 1.29 is 0 Å². The third-order valence-electron chi connectivity index (χ3n) is 3.98. The van der Waals surface area contributed by atoms with Gasteiger partial charge in [0, 0.05) is 21.6 Å². The number of unbranched alkanes of at least 4 members (excludes halogenated alkanes) is 4. The number of benzene rings is 2. The van der Waals surface area contributed by atoms with Crippen LogP contribution in [0.4, 0.5) is 0 Å². The topological polar surface area (TPSA) is 0 Å². The molecule has 0 aliphatic rings. The lowest BCUT2D eigenvalue weighted by Crippen LogP contribution is -1.77. The van der Waals surface area contributed by atoms with Gasteiger partial charge in [0.1, 0.15) is 0 Å². The lowest BCUT2D eigenvalue weighted by Gasteiger charge is -1.97. The molecule has 116 valence electrons. The van der Waals surface area contributed by atoms with E-state index in [1.165, 1.54) is 46.2 Å². The molecule has 0 N–H and O–H groups in total. The van der Waals surface area contributed by atoms with Gasteiger partial charge in [-0.25, -0.2) is 0 Å². The Kier molecular flexibility index (Phi) is 5.51. The Morgan fingerprint density at radius 2 is 1.74 bits per heavy atom. The van der Waals surface area contributed by atoms with Crippen molar-refractivity contribution in [1.29, 1.82) is 0 Å². The zero-order valence-corrected chi connectivity index (χ0v) is 14.5. The highest BCUT2D eigenvalue weighted by Crippen LogP contribution is 2.33. The molecule has 0 spiro atoms. The van der Waals surface area contributed by atoms with Crippen LogP contribution in [0.5, 0.6) is 0 Å². The monoisotopic (exact) mass is 318 g/mol. The summed E-state index contributed by atoms with van der Waals surface area (Å²) in [7, 11) is 0. The SMILES string of the molecule is CCCCCCC#Cc1ccc(-c2cc3ccccc3s2)cc1. The molecule has 2 aromatic carbocycles. The first-order valence-corrected chi connectivity index (χ1v) is 9.26. The van der Waals surface area contributed by atoms with Gasteiger partial charge >= 0.3 is 0 Å². The van der Waals surface area contributed by atoms with Crippen molar-refractivity contribution in [1.82, 2.24) is 0 Å². The van der Waals surface area contributed by atoms with E-state index in [9.17, 15) is 0 Å². The van der Waals surface area contributed by atoms with Crippen molar-refractivity contribution in [3.63, 3.8) is 0 Å². The summed E-state index contributed by atoms with van der Waals surface area (Å²) in [5, 5.41) is 1.32. The van der Waals surface area contributed by atoms with Crippen molar-refractivity contribution >= 4 is 21.4 Å². The Bertz CT molecular complexity index is 779. The molecule has 1 heteroatoms. The average Bonchev–Trinajstić information content (AvgIpc) is 3.02. The van der Waals surface area contributed by atoms with Gasteiger partial charge < -0.3 is 0 Å².